The molecule has 0 unspecified atom stereocenters. The molecule has 0 heterocycles. The molecule has 0 aliphatic rings. The number of aryl methyl sites for hydroxylation is 1. The molecule has 0 radical (unpaired) electrons. The molecule has 0 amide bonds. The van der Waals surface area contributed by atoms with E-state index in [9.17, 15) is 13.2 Å². The first kappa shape index (κ1) is 17.2. The molecule has 0 fully saturated rings. The molecule has 1 aromatic rings. The minimum atomic E-state index is -3.82. The Kier molecular flexibility index (Phi) is 5.40. The highest BCUT2D eigenvalue weighted by Gasteiger charge is 2.27. The zero-order chi connectivity index (χ0) is 15.6. The van der Waals surface area contributed by atoms with Crippen LogP contribution in [-0.4, -0.2) is 32.5 Å². The van der Waals surface area contributed by atoms with Gasteiger partial charge in [-0.05, 0) is 31.6 Å². The molecule has 0 aliphatic carbocycles. The second-order valence-corrected chi connectivity index (χ2v) is 10.6. The molecule has 0 spiro atoms. The summed E-state index contributed by atoms with van der Waals surface area (Å²) in [6.45, 7) is 5.48. The first-order valence-corrected chi connectivity index (χ1v) is 10.3. The van der Waals surface area contributed by atoms with E-state index in [4.69, 9.17) is 3.63 Å². The molecule has 0 N–H and O–H groups in total. The van der Waals surface area contributed by atoms with Crippen molar-refractivity contribution < 1.29 is 16.8 Å². The van der Waals surface area contributed by atoms with Crippen LogP contribution in [0.4, 0.5) is 0 Å². The van der Waals surface area contributed by atoms with Crippen molar-refractivity contribution in [2.45, 2.75) is 25.7 Å². The fraction of sp³-hybridized carbons (Fsp3) is 0.500. The number of carbonyl (C=O) groups is 1. The lowest BCUT2D eigenvalue weighted by Gasteiger charge is -2.29. The summed E-state index contributed by atoms with van der Waals surface area (Å²) in [6.07, 6.45) is 3.39. The fourth-order valence-corrected chi connectivity index (χ4v) is 5.45. The molecule has 4 nitrogen and oxygen atoms in total. The van der Waals surface area contributed by atoms with Crippen molar-refractivity contribution in [1.82, 2.24) is 0 Å². The second kappa shape index (κ2) is 6.28. The molecule has 20 heavy (non-hydrogen) atoms. The standard InChI is InChI=1S/C14H22O4S2/c1-11(2)14(15)10-19(4,5)18-20(16,17)13-8-6-12(3)7-9-13/h6-9,11H,10H2,1-5H3. The van der Waals surface area contributed by atoms with Crippen molar-refractivity contribution in [2.75, 3.05) is 18.3 Å². The van der Waals surface area contributed by atoms with E-state index in [1.165, 1.54) is 12.1 Å². The van der Waals surface area contributed by atoms with Crippen molar-refractivity contribution in [1.29, 1.82) is 0 Å². The Hall–Kier alpha value is -0.850. The Bertz CT molecular complexity index is 572. The van der Waals surface area contributed by atoms with Gasteiger partial charge in [-0.25, -0.2) is 3.63 Å². The van der Waals surface area contributed by atoms with Gasteiger partial charge < -0.3 is 0 Å². The van der Waals surface area contributed by atoms with E-state index < -0.39 is 20.4 Å². The summed E-state index contributed by atoms with van der Waals surface area (Å²) in [7, 11) is -5.80. The summed E-state index contributed by atoms with van der Waals surface area (Å²) >= 11 is 0. The Labute approximate surface area is 123 Å². The van der Waals surface area contributed by atoms with Gasteiger partial charge in [0.15, 0.2) is 0 Å². The molecule has 6 heteroatoms. The molecule has 0 saturated heterocycles. The molecule has 0 atom stereocenters. The maximum atomic E-state index is 12.2. The van der Waals surface area contributed by atoms with Gasteiger partial charge >= 0.3 is 10.1 Å². The Morgan fingerprint density at radius 2 is 1.65 bits per heavy atom. The van der Waals surface area contributed by atoms with Gasteiger partial charge in [0, 0.05) is 5.92 Å². The number of hydrogen-bond acceptors (Lipinski definition) is 4. The van der Waals surface area contributed by atoms with Crippen LogP contribution in [0.15, 0.2) is 29.2 Å². The van der Waals surface area contributed by atoms with Gasteiger partial charge in [0.2, 0.25) is 0 Å². The van der Waals surface area contributed by atoms with Gasteiger partial charge in [0.05, 0.1) is 10.6 Å². The maximum absolute atomic E-state index is 12.2. The number of hydrogen-bond donors (Lipinski definition) is 0. The molecular weight excluding hydrogens is 296 g/mol. The SMILES string of the molecule is Cc1ccc(S(=O)(=O)OS(C)(C)CC(=O)C(C)C)cc1. The van der Waals surface area contributed by atoms with Crippen molar-refractivity contribution in [3.05, 3.63) is 29.8 Å². The van der Waals surface area contributed by atoms with Crippen LogP contribution in [0.2, 0.25) is 0 Å². The predicted octanol–water partition coefficient (Wildman–Crippen LogP) is 2.90. The van der Waals surface area contributed by atoms with Crippen LogP contribution in [0.3, 0.4) is 0 Å². The molecule has 0 bridgehead atoms. The van der Waals surface area contributed by atoms with Crippen LogP contribution in [0.5, 0.6) is 0 Å². The van der Waals surface area contributed by atoms with E-state index in [2.05, 4.69) is 0 Å². The number of ketones is 1. The molecule has 0 saturated carbocycles. The third kappa shape index (κ3) is 4.92. The number of carbonyl (C=O) groups excluding carboxylic acids is 1. The van der Waals surface area contributed by atoms with Crippen molar-refractivity contribution >= 4 is 26.2 Å². The maximum Gasteiger partial charge on any atom is 0.306 e. The van der Waals surface area contributed by atoms with Crippen LogP contribution in [0, 0.1) is 12.8 Å². The zero-order valence-corrected chi connectivity index (χ0v) is 14.2. The van der Waals surface area contributed by atoms with Crippen molar-refractivity contribution in [3.8, 4) is 0 Å². The molecule has 114 valence electrons. The third-order valence-electron chi connectivity index (χ3n) is 2.72. The average Bonchev–Trinajstić information content (AvgIpc) is 2.26. The summed E-state index contributed by atoms with van der Waals surface area (Å²) in [5.74, 6) is 0.0482. The van der Waals surface area contributed by atoms with Crippen LogP contribution in [-0.2, 0) is 18.5 Å². The summed E-state index contributed by atoms with van der Waals surface area (Å²) in [5.41, 5.74) is 0.977. The highest BCUT2D eigenvalue weighted by atomic mass is 32.3. The number of benzene rings is 1. The van der Waals surface area contributed by atoms with Gasteiger partial charge in [0.25, 0.3) is 0 Å². The molecule has 0 aliphatic heterocycles. The second-order valence-electron chi connectivity index (χ2n) is 5.54. The first-order chi connectivity index (χ1) is 9.03. The monoisotopic (exact) mass is 318 g/mol. The highest BCUT2D eigenvalue weighted by Crippen LogP contribution is 2.44. The zero-order valence-electron chi connectivity index (χ0n) is 12.5. The molecular formula is C14H22O4S2. The van der Waals surface area contributed by atoms with Gasteiger partial charge in [-0.15, -0.1) is 10.3 Å². The van der Waals surface area contributed by atoms with E-state index in [0.717, 1.165) is 5.56 Å². The highest BCUT2D eigenvalue weighted by molar-refractivity contribution is 8.32. The summed E-state index contributed by atoms with van der Waals surface area (Å²) < 4.78 is 29.7. The van der Waals surface area contributed by atoms with Gasteiger partial charge in [-0.3, -0.25) is 4.79 Å². The smallest absolute Gasteiger partial charge is 0.298 e. The quantitative estimate of drug-likeness (QED) is 0.809. The van der Waals surface area contributed by atoms with Gasteiger partial charge in [-0.2, -0.15) is 8.42 Å². The first-order valence-electron chi connectivity index (χ1n) is 6.30. The van der Waals surface area contributed by atoms with E-state index >= 15 is 0 Å². The van der Waals surface area contributed by atoms with Crippen LogP contribution < -0.4 is 0 Å². The lowest BCUT2D eigenvalue weighted by molar-refractivity contribution is -0.119. The molecule has 1 aromatic carbocycles. The Morgan fingerprint density at radius 1 is 1.15 bits per heavy atom. The number of rotatable bonds is 6. The summed E-state index contributed by atoms with van der Waals surface area (Å²) in [4.78, 5) is 11.9. The molecule has 1 rings (SSSR count). The molecule has 0 aromatic heterocycles. The minimum Gasteiger partial charge on any atom is -0.298 e. The van der Waals surface area contributed by atoms with E-state index in [-0.39, 0.29) is 22.3 Å². The average molecular weight is 318 g/mol. The van der Waals surface area contributed by atoms with Crippen LogP contribution >= 0.6 is 10.3 Å². The summed E-state index contributed by atoms with van der Waals surface area (Å²) in [6, 6.07) is 6.48. The van der Waals surface area contributed by atoms with E-state index in [1.54, 1.807) is 38.5 Å². The third-order valence-corrected chi connectivity index (χ3v) is 6.74. The van der Waals surface area contributed by atoms with Crippen LogP contribution in [0.25, 0.3) is 0 Å². The van der Waals surface area contributed by atoms with Crippen molar-refractivity contribution in [2.24, 2.45) is 5.92 Å². The van der Waals surface area contributed by atoms with Gasteiger partial charge in [-0.1, -0.05) is 31.5 Å². The van der Waals surface area contributed by atoms with Crippen LogP contribution in [0.1, 0.15) is 19.4 Å². The number of Topliss-reactive ketones (excluding diaryl/α,β-unsaturated/α-hetero) is 1. The predicted molar refractivity (Wildman–Crippen MR) is 83.6 cm³/mol. The fourth-order valence-electron chi connectivity index (χ4n) is 1.52. The minimum absolute atomic E-state index is 0.0177. The lowest BCUT2D eigenvalue weighted by Crippen LogP contribution is -2.21. The van der Waals surface area contributed by atoms with E-state index in [0.29, 0.717) is 0 Å². The van der Waals surface area contributed by atoms with E-state index in [1.807, 2.05) is 6.92 Å². The largest absolute Gasteiger partial charge is 0.306 e. The normalized spacial score (nSPS) is 13.5. The Morgan fingerprint density at radius 3 is 2.10 bits per heavy atom. The van der Waals surface area contributed by atoms with Gasteiger partial charge in [0.1, 0.15) is 5.78 Å². The topological polar surface area (TPSA) is 60.4 Å². The Balaban J connectivity index is 2.90. The summed E-state index contributed by atoms with van der Waals surface area (Å²) in [5, 5.41) is 0. The lowest BCUT2D eigenvalue weighted by atomic mass is 10.1. The van der Waals surface area contributed by atoms with Crippen molar-refractivity contribution in [3.63, 3.8) is 0 Å².